The zero-order valence-electron chi connectivity index (χ0n) is 39.0. The maximum Gasteiger partial charge on any atom is 0.306 e. The van der Waals surface area contributed by atoms with Gasteiger partial charge < -0.3 is 9.84 Å². The summed E-state index contributed by atoms with van der Waals surface area (Å²) in [6, 6.07) is 0. The number of allylic oxidation sites excluding steroid dienone is 22. The highest BCUT2D eigenvalue weighted by Crippen LogP contribution is 2.43. The van der Waals surface area contributed by atoms with E-state index in [9.17, 15) is 9.90 Å². The van der Waals surface area contributed by atoms with Gasteiger partial charge in [0, 0.05) is 12.3 Å². The Labute approximate surface area is 363 Å². The van der Waals surface area contributed by atoms with Gasteiger partial charge in [-0.15, -0.1) is 0 Å². The van der Waals surface area contributed by atoms with Gasteiger partial charge in [-0.3, -0.25) is 4.79 Å². The van der Waals surface area contributed by atoms with Crippen molar-refractivity contribution < 1.29 is 14.6 Å². The average Bonchev–Trinajstić information content (AvgIpc) is 3.15. The van der Waals surface area contributed by atoms with E-state index in [-0.39, 0.29) is 29.0 Å². The third kappa shape index (κ3) is 23.0. The molecule has 2 aliphatic carbocycles. The summed E-state index contributed by atoms with van der Waals surface area (Å²) < 4.78 is 5.94. The number of ether oxygens (including phenoxy) is 1. The van der Waals surface area contributed by atoms with Crippen LogP contribution in [0.25, 0.3) is 0 Å². The number of hydrogen-bond acceptors (Lipinski definition) is 3. The van der Waals surface area contributed by atoms with Gasteiger partial charge in [-0.2, -0.15) is 0 Å². The highest BCUT2D eigenvalue weighted by atomic mass is 16.5. The molecule has 0 unspecified atom stereocenters. The summed E-state index contributed by atoms with van der Waals surface area (Å²) in [4.78, 5) is 12.7. The lowest BCUT2D eigenvalue weighted by molar-refractivity contribution is -0.148. The second-order valence-corrected chi connectivity index (χ2v) is 18.5. The molecule has 0 fully saturated rings. The Bertz CT molecular complexity index is 1600. The van der Waals surface area contributed by atoms with Gasteiger partial charge in [-0.1, -0.05) is 218 Å². The largest absolute Gasteiger partial charge is 0.458 e. The van der Waals surface area contributed by atoms with Gasteiger partial charge in [0.25, 0.3) is 0 Å². The number of aliphatic hydroxyl groups is 1. The lowest BCUT2D eigenvalue weighted by atomic mass is 9.67. The van der Waals surface area contributed by atoms with Crippen LogP contribution in [0.3, 0.4) is 0 Å². The summed E-state index contributed by atoms with van der Waals surface area (Å²) in [6.07, 6.45) is 59.4. The monoisotopic (exact) mass is 805 g/mol. The second-order valence-electron chi connectivity index (χ2n) is 18.5. The number of unbranched alkanes of at least 4 members (excludes halogenated alkanes) is 11. The first-order valence-corrected chi connectivity index (χ1v) is 23.2. The highest BCUT2D eigenvalue weighted by molar-refractivity contribution is 5.69. The fraction of sp³-hybridized carbons (Fsp3) is 0.554. The van der Waals surface area contributed by atoms with Crippen molar-refractivity contribution in [3.05, 3.63) is 143 Å². The van der Waals surface area contributed by atoms with Crippen molar-refractivity contribution in [3.63, 3.8) is 0 Å². The number of carbonyl (C=O) groups excluding carboxylic acids is 1. The molecular formula is C56H84O3. The number of hydrogen-bond donors (Lipinski definition) is 1. The summed E-state index contributed by atoms with van der Waals surface area (Å²) in [5.74, 6) is 0.251. The van der Waals surface area contributed by atoms with E-state index in [4.69, 9.17) is 4.74 Å². The Morgan fingerprint density at radius 1 is 0.712 bits per heavy atom. The van der Waals surface area contributed by atoms with Gasteiger partial charge >= 0.3 is 5.97 Å². The SMILES string of the molecule is CCCCCCCC/C=C\CCCCCCCC(=O)O[C@@H]1C=C(C)[C@@H](/C=C/C=C\C=C/C=C/C=C/C=C(C)/C=C\C=C(C)/C=C/C2=C(C)C[C@H](O)CC2(C)C)C(C)(C)C1. The molecular weight excluding hydrogens is 721 g/mol. The van der Waals surface area contributed by atoms with Crippen LogP contribution in [0.4, 0.5) is 0 Å². The predicted octanol–water partition coefficient (Wildman–Crippen LogP) is 16.2. The van der Waals surface area contributed by atoms with Gasteiger partial charge in [0.2, 0.25) is 0 Å². The van der Waals surface area contributed by atoms with E-state index < -0.39 is 0 Å². The fourth-order valence-electron chi connectivity index (χ4n) is 8.46. The van der Waals surface area contributed by atoms with Crippen molar-refractivity contribution in [1.82, 2.24) is 0 Å². The fourth-order valence-corrected chi connectivity index (χ4v) is 8.46. The zero-order valence-corrected chi connectivity index (χ0v) is 39.0. The highest BCUT2D eigenvalue weighted by Gasteiger charge is 2.36. The van der Waals surface area contributed by atoms with Gasteiger partial charge in [0.05, 0.1) is 6.10 Å². The Balaban J connectivity index is 1.66. The van der Waals surface area contributed by atoms with E-state index in [1.54, 1.807) is 0 Å². The summed E-state index contributed by atoms with van der Waals surface area (Å²) in [5.41, 5.74) is 6.28. The molecule has 0 aliphatic heterocycles. The van der Waals surface area contributed by atoms with E-state index in [0.29, 0.717) is 12.3 Å². The van der Waals surface area contributed by atoms with Gasteiger partial charge in [0.1, 0.15) is 6.10 Å². The minimum atomic E-state index is -0.232. The van der Waals surface area contributed by atoms with Gasteiger partial charge in [0.15, 0.2) is 0 Å². The normalized spacial score (nSPS) is 22.0. The molecule has 1 N–H and O–H groups in total. The molecule has 2 aliphatic rings. The molecule has 59 heavy (non-hydrogen) atoms. The van der Waals surface area contributed by atoms with Crippen LogP contribution in [0.5, 0.6) is 0 Å². The summed E-state index contributed by atoms with van der Waals surface area (Å²) in [7, 11) is 0. The van der Waals surface area contributed by atoms with Gasteiger partial charge in [-0.05, 0) is 102 Å². The summed E-state index contributed by atoms with van der Waals surface area (Å²) in [5, 5.41) is 10.1. The van der Waals surface area contributed by atoms with Crippen molar-refractivity contribution in [3.8, 4) is 0 Å². The van der Waals surface area contributed by atoms with E-state index in [1.807, 2.05) is 30.4 Å². The molecule has 0 aromatic rings. The molecule has 0 bridgehead atoms. The van der Waals surface area contributed by atoms with Crippen LogP contribution in [0, 0.1) is 16.7 Å². The molecule has 0 saturated carbocycles. The van der Waals surface area contributed by atoms with Crippen LogP contribution in [-0.2, 0) is 9.53 Å². The molecule has 3 heteroatoms. The third-order valence-corrected chi connectivity index (χ3v) is 11.7. The van der Waals surface area contributed by atoms with E-state index in [2.05, 4.69) is 147 Å². The van der Waals surface area contributed by atoms with Crippen LogP contribution in [0.15, 0.2) is 143 Å². The number of esters is 1. The molecule has 0 heterocycles. The van der Waals surface area contributed by atoms with Gasteiger partial charge in [-0.25, -0.2) is 0 Å². The maximum absolute atomic E-state index is 12.7. The van der Waals surface area contributed by atoms with Crippen molar-refractivity contribution in [1.29, 1.82) is 0 Å². The summed E-state index contributed by atoms with van der Waals surface area (Å²) in [6.45, 7) is 19.8. The van der Waals surface area contributed by atoms with Crippen molar-refractivity contribution in [2.75, 3.05) is 0 Å². The molecule has 0 radical (unpaired) electrons. The quantitative estimate of drug-likeness (QED) is 0.0410. The number of carbonyl (C=O) groups is 1. The zero-order chi connectivity index (χ0) is 43.4. The predicted molar refractivity (Wildman–Crippen MR) is 258 cm³/mol. The van der Waals surface area contributed by atoms with Crippen LogP contribution >= 0.6 is 0 Å². The van der Waals surface area contributed by atoms with Crippen LogP contribution < -0.4 is 0 Å². The Hall–Kier alpha value is -3.69. The standard InChI is InChI=1S/C56H84O3/c1-10-11-12-13-14-15-16-17-18-19-20-24-27-30-33-39-54(58)59-51-43-49(5)52(56(8,9)45-51)38-32-29-26-23-21-22-25-28-31-35-46(2)36-34-37-47(3)40-41-53-48(4)42-50(57)44-55(53,6)7/h17-18,21-23,25-26,28-29,31-32,34-38,40-41,43,50-52,57H,10-16,19-20,24,27,30,33,39,42,44-45H2,1-9H3/b18-17-,23-21-,25-22+,29-26-,31-28+,36-34-,38-32+,41-40+,46-35+,47-37-/t50-,51+,52+/m0/s1. The average molecular weight is 805 g/mol. The first-order valence-electron chi connectivity index (χ1n) is 23.2. The summed E-state index contributed by atoms with van der Waals surface area (Å²) >= 11 is 0. The molecule has 3 atom stereocenters. The molecule has 2 rings (SSSR count). The Morgan fingerprint density at radius 2 is 1.25 bits per heavy atom. The smallest absolute Gasteiger partial charge is 0.306 e. The molecule has 0 aromatic heterocycles. The lowest BCUT2D eigenvalue weighted by Gasteiger charge is -2.39. The number of rotatable bonds is 26. The Morgan fingerprint density at radius 3 is 1.86 bits per heavy atom. The second kappa shape index (κ2) is 29.5. The van der Waals surface area contributed by atoms with E-state index >= 15 is 0 Å². The molecule has 326 valence electrons. The minimum Gasteiger partial charge on any atom is -0.458 e. The maximum atomic E-state index is 12.7. The van der Waals surface area contributed by atoms with Crippen LogP contribution in [-0.4, -0.2) is 23.3 Å². The topological polar surface area (TPSA) is 46.5 Å². The molecule has 0 spiro atoms. The molecule has 0 saturated heterocycles. The molecule has 0 aromatic carbocycles. The van der Waals surface area contributed by atoms with Crippen LogP contribution in [0.2, 0.25) is 0 Å². The third-order valence-electron chi connectivity index (χ3n) is 11.7. The molecule has 0 amide bonds. The van der Waals surface area contributed by atoms with Crippen molar-refractivity contribution in [2.45, 2.75) is 184 Å². The number of aliphatic hydroxyl groups excluding tert-OH is 1. The first kappa shape index (κ1) is 51.5. The van der Waals surface area contributed by atoms with E-state index in [1.165, 1.54) is 98.5 Å². The lowest BCUT2D eigenvalue weighted by Crippen LogP contribution is -2.34. The van der Waals surface area contributed by atoms with Crippen molar-refractivity contribution >= 4 is 5.97 Å². The minimum absolute atomic E-state index is 0.00134. The van der Waals surface area contributed by atoms with Crippen LogP contribution in [0.1, 0.15) is 171 Å². The van der Waals surface area contributed by atoms with E-state index in [0.717, 1.165) is 32.1 Å². The first-order chi connectivity index (χ1) is 28.2. The van der Waals surface area contributed by atoms with Crippen molar-refractivity contribution in [2.24, 2.45) is 16.7 Å². The Kier molecular flexibility index (Phi) is 25.7. The molecule has 3 nitrogen and oxygen atoms in total.